The fourth-order valence-corrected chi connectivity index (χ4v) is 6.64. The van der Waals surface area contributed by atoms with Gasteiger partial charge in [-0.15, -0.1) is 0 Å². The molecule has 1 aromatic heterocycles. The number of nitrogens with zero attached hydrogens (tertiary/aromatic N) is 1. The second-order valence-corrected chi connectivity index (χ2v) is 10.3. The molecule has 1 aromatic carbocycles. The van der Waals surface area contributed by atoms with E-state index in [0.29, 0.717) is 18.4 Å². The van der Waals surface area contributed by atoms with Crippen LogP contribution in [0.5, 0.6) is 0 Å². The standard InChI is InChI=1S/C29H33FN2O4/c1-3-35-29(34)32-23-10-11-24-20(14-23)15-26-27(17(2)36-28(26)33)25(24)12-9-22-8-7-19(16-31-22)18-5-4-6-21(30)13-18/h4-9,12-13,16-17,20,23-27H,3,10-11,14-15H2,1-2H3,(H,32,34)/b12-9+/t17-,20-,23-,24-,25-,26-,27+/m1/s1. The van der Waals surface area contributed by atoms with E-state index in [1.54, 1.807) is 19.2 Å². The number of ether oxygens (including phenoxy) is 2. The van der Waals surface area contributed by atoms with Crippen molar-refractivity contribution < 1.29 is 23.5 Å². The smallest absolute Gasteiger partial charge is 0.407 e. The molecule has 1 aliphatic heterocycles. The van der Waals surface area contributed by atoms with Crippen molar-refractivity contribution in [2.75, 3.05) is 6.61 Å². The van der Waals surface area contributed by atoms with Gasteiger partial charge < -0.3 is 14.8 Å². The molecular weight excluding hydrogens is 459 g/mol. The second-order valence-electron chi connectivity index (χ2n) is 10.3. The third-order valence-corrected chi connectivity index (χ3v) is 8.18. The highest BCUT2D eigenvalue weighted by molar-refractivity contribution is 5.75. The number of allylic oxidation sites excluding steroid dienone is 1. The summed E-state index contributed by atoms with van der Waals surface area (Å²) in [6.07, 6.45) is 9.07. The van der Waals surface area contributed by atoms with Crippen LogP contribution in [0, 0.1) is 35.4 Å². The summed E-state index contributed by atoms with van der Waals surface area (Å²) in [6.45, 7) is 4.15. The van der Waals surface area contributed by atoms with Crippen LogP contribution in [0.15, 0.2) is 48.7 Å². The van der Waals surface area contributed by atoms with Crippen molar-refractivity contribution in [3.63, 3.8) is 0 Å². The molecule has 1 amide bonds. The first kappa shape index (κ1) is 24.5. The van der Waals surface area contributed by atoms with Gasteiger partial charge in [0, 0.05) is 23.7 Å². The highest BCUT2D eigenvalue weighted by Gasteiger charge is 2.54. The van der Waals surface area contributed by atoms with Crippen LogP contribution >= 0.6 is 0 Å². The third-order valence-electron chi connectivity index (χ3n) is 8.18. The Balaban J connectivity index is 1.34. The number of aromatic nitrogens is 1. The number of benzene rings is 1. The molecule has 0 radical (unpaired) electrons. The minimum absolute atomic E-state index is 0.0679. The average molecular weight is 493 g/mol. The Bertz CT molecular complexity index is 1130. The molecule has 3 aliphatic rings. The van der Waals surface area contributed by atoms with Crippen molar-refractivity contribution in [2.45, 2.75) is 51.7 Å². The molecule has 5 rings (SSSR count). The summed E-state index contributed by atoms with van der Waals surface area (Å²) in [5, 5.41) is 3.00. The third kappa shape index (κ3) is 5.01. The Morgan fingerprint density at radius 2 is 2.08 bits per heavy atom. The molecule has 7 heteroatoms. The van der Waals surface area contributed by atoms with Gasteiger partial charge in [0.1, 0.15) is 11.9 Å². The van der Waals surface area contributed by atoms with Gasteiger partial charge in [0.25, 0.3) is 0 Å². The Labute approximate surface area is 211 Å². The molecule has 0 spiro atoms. The zero-order valence-electron chi connectivity index (χ0n) is 20.7. The predicted molar refractivity (Wildman–Crippen MR) is 134 cm³/mol. The van der Waals surface area contributed by atoms with Crippen molar-refractivity contribution >= 4 is 18.1 Å². The SMILES string of the molecule is CCOC(=O)N[C@@H]1CC[C@@H]2[C@H](C1)C[C@H]1C(=O)O[C@H](C)[C@H]1[C@@H]2/C=C/c1ccc(-c2cccc(F)c2)cn1. The van der Waals surface area contributed by atoms with E-state index in [1.165, 1.54) is 12.1 Å². The fourth-order valence-electron chi connectivity index (χ4n) is 6.64. The van der Waals surface area contributed by atoms with Crippen molar-refractivity contribution in [3.8, 4) is 11.1 Å². The Morgan fingerprint density at radius 3 is 2.83 bits per heavy atom. The minimum Gasteiger partial charge on any atom is -0.462 e. The first-order chi connectivity index (χ1) is 17.4. The highest BCUT2D eigenvalue weighted by atomic mass is 19.1. The first-order valence-electron chi connectivity index (χ1n) is 13.0. The molecular formula is C29H33FN2O4. The molecule has 0 bridgehead atoms. The lowest BCUT2D eigenvalue weighted by Gasteiger charge is -2.47. The van der Waals surface area contributed by atoms with Crippen LogP contribution in [-0.2, 0) is 14.3 Å². The van der Waals surface area contributed by atoms with E-state index < -0.39 is 0 Å². The number of cyclic esters (lactones) is 1. The lowest BCUT2D eigenvalue weighted by Crippen LogP contribution is -2.48. The van der Waals surface area contributed by atoms with Crippen molar-refractivity contribution in [1.29, 1.82) is 0 Å². The second kappa shape index (κ2) is 10.4. The summed E-state index contributed by atoms with van der Waals surface area (Å²) in [4.78, 5) is 29.2. The van der Waals surface area contributed by atoms with Gasteiger partial charge in [0.15, 0.2) is 0 Å². The number of esters is 1. The van der Waals surface area contributed by atoms with Gasteiger partial charge in [0.2, 0.25) is 0 Å². The van der Waals surface area contributed by atoms with Gasteiger partial charge in [-0.3, -0.25) is 9.78 Å². The van der Waals surface area contributed by atoms with Gasteiger partial charge in [-0.1, -0.05) is 24.3 Å². The summed E-state index contributed by atoms with van der Waals surface area (Å²) < 4.78 is 24.3. The van der Waals surface area contributed by atoms with Gasteiger partial charge in [-0.05, 0) is 87.1 Å². The predicted octanol–water partition coefficient (Wildman–Crippen LogP) is 5.63. The maximum Gasteiger partial charge on any atom is 0.407 e. The summed E-state index contributed by atoms with van der Waals surface area (Å²) in [5.41, 5.74) is 2.48. The van der Waals surface area contributed by atoms with E-state index in [-0.39, 0.29) is 47.8 Å². The van der Waals surface area contributed by atoms with E-state index >= 15 is 0 Å². The molecule has 36 heavy (non-hydrogen) atoms. The summed E-state index contributed by atoms with van der Waals surface area (Å²) in [5.74, 6) is 0.629. The number of carbonyl (C=O) groups is 2. The molecule has 1 saturated heterocycles. The summed E-state index contributed by atoms with van der Waals surface area (Å²) in [7, 11) is 0. The minimum atomic E-state index is -0.368. The van der Waals surface area contributed by atoms with Crippen LogP contribution < -0.4 is 5.32 Å². The zero-order chi connectivity index (χ0) is 25.2. The maximum absolute atomic E-state index is 13.6. The molecule has 2 aromatic rings. The van der Waals surface area contributed by atoms with Crippen LogP contribution in [0.25, 0.3) is 17.2 Å². The number of carbonyl (C=O) groups excluding carboxylic acids is 2. The number of fused-ring (bicyclic) bond motifs is 2. The fraction of sp³-hybridized carbons (Fsp3) is 0.483. The van der Waals surface area contributed by atoms with E-state index in [2.05, 4.69) is 16.4 Å². The summed E-state index contributed by atoms with van der Waals surface area (Å²) in [6, 6.07) is 10.4. The molecule has 7 atom stereocenters. The number of halogens is 1. The van der Waals surface area contributed by atoms with Crippen LogP contribution in [0.2, 0.25) is 0 Å². The largest absolute Gasteiger partial charge is 0.462 e. The molecule has 3 fully saturated rings. The topological polar surface area (TPSA) is 77.5 Å². The van der Waals surface area contributed by atoms with E-state index in [0.717, 1.165) is 42.5 Å². The van der Waals surface area contributed by atoms with Crippen molar-refractivity contribution in [2.24, 2.45) is 29.6 Å². The molecule has 190 valence electrons. The van der Waals surface area contributed by atoms with E-state index in [1.807, 2.05) is 31.2 Å². The molecule has 2 saturated carbocycles. The Kier molecular flexibility index (Phi) is 7.08. The Morgan fingerprint density at radius 1 is 1.22 bits per heavy atom. The summed E-state index contributed by atoms with van der Waals surface area (Å²) >= 11 is 0. The van der Waals surface area contributed by atoms with Gasteiger partial charge >= 0.3 is 12.1 Å². The normalized spacial score (nSPS) is 31.4. The van der Waals surface area contributed by atoms with Gasteiger partial charge in [-0.25, -0.2) is 9.18 Å². The quantitative estimate of drug-likeness (QED) is 0.548. The maximum atomic E-state index is 13.6. The molecule has 6 nitrogen and oxygen atoms in total. The number of rotatable bonds is 5. The highest BCUT2D eigenvalue weighted by Crippen LogP contribution is 2.53. The molecule has 2 aliphatic carbocycles. The van der Waals surface area contributed by atoms with Crippen molar-refractivity contribution in [1.82, 2.24) is 10.3 Å². The number of amides is 1. The molecule has 1 N–H and O–H groups in total. The lowest BCUT2D eigenvalue weighted by molar-refractivity contribution is -0.144. The van der Waals surface area contributed by atoms with Gasteiger partial charge in [0.05, 0.1) is 18.2 Å². The van der Waals surface area contributed by atoms with Gasteiger partial charge in [-0.2, -0.15) is 0 Å². The van der Waals surface area contributed by atoms with Crippen molar-refractivity contribution in [3.05, 3.63) is 60.2 Å². The van der Waals surface area contributed by atoms with E-state index in [4.69, 9.17) is 9.47 Å². The zero-order valence-corrected chi connectivity index (χ0v) is 20.7. The monoisotopic (exact) mass is 492 g/mol. The number of hydrogen-bond donors (Lipinski definition) is 1. The number of nitrogens with one attached hydrogen (secondary N) is 1. The molecule has 2 heterocycles. The Hall–Kier alpha value is -3.22. The number of hydrogen-bond acceptors (Lipinski definition) is 5. The lowest BCUT2D eigenvalue weighted by atomic mass is 9.57. The number of pyridine rings is 1. The van der Waals surface area contributed by atoms with Crippen LogP contribution in [-0.4, -0.2) is 35.8 Å². The first-order valence-corrected chi connectivity index (χ1v) is 13.0. The van der Waals surface area contributed by atoms with E-state index in [9.17, 15) is 14.0 Å². The van der Waals surface area contributed by atoms with Crippen LogP contribution in [0.4, 0.5) is 9.18 Å². The van der Waals surface area contributed by atoms with Crippen LogP contribution in [0.3, 0.4) is 0 Å². The average Bonchev–Trinajstić information content (AvgIpc) is 3.15. The number of alkyl carbamates (subject to hydrolysis) is 1. The molecule has 0 unspecified atom stereocenters. The van der Waals surface area contributed by atoms with Crippen LogP contribution in [0.1, 0.15) is 45.2 Å².